The number of benzene rings is 3. The number of hydrogen-bond donors (Lipinski definition) is 3. The summed E-state index contributed by atoms with van der Waals surface area (Å²) in [7, 11) is 0. The third-order valence-corrected chi connectivity index (χ3v) is 5.54. The molecule has 0 radical (unpaired) electrons. The van der Waals surface area contributed by atoms with Gasteiger partial charge in [-0.05, 0) is 12.1 Å². The third kappa shape index (κ3) is 6.54. The predicted molar refractivity (Wildman–Crippen MR) is 143 cm³/mol. The van der Waals surface area contributed by atoms with Crippen molar-refractivity contribution in [1.29, 1.82) is 0 Å². The SMILES string of the molecule is CC.CC.CC.CC(C)(c1ccccc1O)c1cccc(C(C)(C)c2ccccc2O)c1O. The van der Waals surface area contributed by atoms with Gasteiger partial charge in [0.1, 0.15) is 17.2 Å². The Morgan fingerprint density at radius 2 is 0.697 bits per heavy atom. The van der Waals surface area contributed by atoms with Gasteiger partial charge in [0, 0.05) is 33.1 Å². The van der Waals surface area contributed by atoms with E-state index in [0.717, 1.165) is 22.3 Å². The van der Waals surface area contributed by atoms with Crippen molar-refractivity contribution in [2.75, 3.05) is 0 Å². The lowest BCUT2D eigenvalue weighted by Gasteiger charge is -2.32. The molecule has 0 heterocycles. The average molecular weight is 453 g/mol. The van der Waals surface area contributed by atoms with Crippen LogP contribution in [0.5, 0.6) is 17.2 Å². The van der Waals surface area contributed by atoms with Gasteiger partial charge in [-0.3, -0.25) is 0 Å². The second kappa shape index (κ2) is 13.6. The minimum atomic E-state index is -0.597. The molecule has 0 aliphatic rings. The lowest BCUT2D eigenvalue weighted by atomic mass is 9.72. The third-order valence-electron chi connectivity index (χ3n) is 5.54. The van der Waals surface area contributed by atoms with Gasteiger partial charge in [0.25, 0.3) is 0 Å². The molecule has 0 fully saturated rings. The highest BCUT2D eigenvalue weighted by Gasteiger charge is 2.34. The number of para-hydroxylation sites is 3. The van der Waals surface area contributed by atoms with Gasteiger partial charge in [0.05, 0.1) is 0 Å². The molecule has 3 aromatic carbocycles. The molecule has 33 heavy (non-hydrogen) atoms. The molecule has 0 spiro atoms. The van der Waals surface area contributed by atoms with Crippen LogP contribution >= 0.6 is 0 Å². The molecule has 0 saturated carbocycles. The van der Waals surface area contributed by atoms with E-state index >= 15 is 0 Å². The molecule has 0 aliphatic carbocycles. The molecule has 3 nitrogen and oxygen atoms in total. The van der Waals surface area contributed by atoms with Crippen molar-refractivity contribution < 1.29 is 15.3 Å². The lowest BCUT2D eigenvalue weighted by molar-refractivity contribution is 0.418. The summed E-state index contributed by atoms with van der Waals surface area (Å²) in [6.07, 6.45) is 0. The lowest BCUT2D eigenvalue weighted by Crippen LogP contribution is -2.23. The highest BCUT2D eigenvalue weighted by molar-refractivity contribution is 5.57. The first kappa shape index (κ1) is 30.1. The Balaban J connectivity index is 0.00000158. The zero-order valence-corrected chi connectivity index (χ0v) is 22.2. The summed E-state index contributed by atoms with van der Waals surface area (Å²) >= 11 is 0. The van der Waals surface area contributed by atoms with Crippen LogP contribution in [0.3, 0.4) is 0 Å². The first-order valence-corrected chi connectivity index (χ1v) is 12.1. The number of aromatic hydroxyl groups is 3. The van der Waals surface area contributed by atoms with Crippen LogP contribution in [-0.2, 0) is 10.8 Å². The van der Waals surface area contributed by atoms with Crippen LogP contribution < -0.4 is 0 Å². The summed E-state index contributed by atoms with van der Waals surface area (Å²) in [6, 6.07) is 20.1. The Bertz CT molecular complexity index is 896. The van der Waals surface area contributed by atoms with E-state index in [-0.39, 0.29) is 17.2 Å². The van der Waals surface area contributed by atoms with Crippen LogP contribution in [0.2, 0.25) is 0 Å². The van der Waals surface area contributed by atoms with Crippen LogP contribution in [-0.4, -0.2) is 15.3 Å². The molecule has 0 unspecified atom stereocenters. The van der Waals surface area contributed by atoms with Gasteiger partial charge in [-0.2, -0.15) is 0 Å². The maximum atomic E-state index is 11.2. The molecule has 3 aromatic rings. The zero-order valence-electron chi connectivity index (χ0n) is 22.2. The summed E-state index contributed by atoms with van der Waals surface area (Å²) in [5, 5.41) is 31.9. The quantitative estimate of drug-likeness (QED) is 0.372. The van der Waals surface area contributed by atoms with Crippen LogP contribution in [0, 0.1) is 0 Å². The molecule has 0 atom stereocenters. The molecule has 3 heteroatoms. The molecule has 0 bridgehead atoms. The first-order chi connectivity index (χ1) is 15.7. The maximum Gasteiger partial charge on any atom is 0.123 e. The van der Waals surface area contributed by atoms with E-state index in [1.807, 2.05) is 112 Å². The predicted octanol–water partition coefficient (Wildman–Crippen LogP) is 8.53. The summed E-state index contributed by atoms with van der Waals surface area (Å²) in [4.78, 5) is 0. The highest BCUT2D eigenvalue weighted by Crippen LogP contribution is 2.46. The number of phenols is 3. The number of hydrogen-bond acceptors (Lipinski definition) is 3. The van der Waals surface area contributed by atoms with Crippen molar-refractivity contribution in [2.24, 2.45) is 0 Å². The van der Waals surface area contributed by atoms with Gasteiger partial charge < -0.3 is 15.3 Å². The molecular formula is C30H44O3. The van der Waals surface area contributed by atoms with Crippen molar-refractivity contribution in [3.8, 4) is 17.2 Å². The molecule has 0 saturated heterocycles. The van der Waals surface area contributed by atoms with Gasteiger partial charge in [0.2, 0.25) is 0 Å². The Kier molecular flexibility index (Phi) is 12.4. The van der Waals surface area contributed by atoms with E-state index in [0.29, 0.717) is 0 Å². The summed E-state index contributed by atoms with van der Waals surface area (Å²) in [6.45, 7) is 19.9. The van der Waals surface area contributed by atoms with Crippen LogP contribution in [0.15, 0.2) is 66.7 Å². The van der Waals surface area contributed by atoms with E-state index in [2.05, 4.69) is 0 Å². The topological polar surface area (TPSA) is 60.7 Å². The summed E-state index contributed by atoms with van der Waals surface area (Å²) < 4.78 is 0. The average Bonchev–Trinajstić information content (AvgIpc) is 2.83. The van der Waals surface area contributed by atoms with Gasteiger partial charge in [-0.15, -0.1) is 0 Å². The van der Waals surface area contributed by atoms with Gasteiger partial charge in [-0.1, -0.05) is 124 Å². The minimum Gasteiger partial charge on any atom is -0.508 e. The standard InChI is InChI=1S/C24H26O3.3C2H6/c1-23(2,16-10-5-7-14-20(16)25)18-12-9-13-19(22(18)27)24(3,4)17-11-6-8-15-21(17)26;3*1-2/h5-15,25-27H,1-4H3;3*1-2H3. The van der Waals surface area contributed by atoms with Crippen molar-refractivity contribution in [3.05, 3.63) is 89.0 Å². The fourth-order valence-electron chi connectivity index (χ4n) is 3.85. The second-order valence-corrected chi connectivity index (χ2v) is 7.99. The van der Waals surface area contributed by atoms with Gasteiger partial charge in [-0.25, -0.2) is 0 Å². The highest BCUT2D eigenvalue weighted by atomic mass is 16.3. The summed E-state index contributed by atoms with van der Waals surface area (Å²) in [5.41, 5.74) is 1.76. The van der Waals surface area contributed by atoms with E-state index in [9.17, 15) is 15.3 Å². The number of phenolic OH excluding ortho intramolecular Hbond substituents is 3. The molecular weight excluding hydrogens is 408 g/mol. The molecule has 0 aliphatic heterocycles. The molecule has 182 valence electrons. The van der Waals surface area contributed by atoms with E-state index in [1.54, 1.807) is 24.3 Å². The fraction of sp³-hybridized carbons (Fsp3) is 0.400. The van der Waals surface area contributed by atoms with E-state index in [1.165, 1.54) is 0 Å². The van der Waals surface area contributed by atoms with E-state index in [4.69, 9.17) is 0 Å². The molecule has 0 amide bonds. The van der Waals surface area contributed by atoms with E-state index < -0.39 is 10.8 Å². The molecule has 3 N–H and O–H groups in total. The van der Waals surface area contributed by atoms with Crippen LogP contribution in [0.4, 0.5) is 0 Å². The van der Waals surface area contributed by atoms with Crippen molar-refractivity contribution >= 4 is 0 Å². The Hall–Kier alpha value is -2.94. The normalized spacial score (nSPS) is 10.5. The van der Waals surface area contributed by atoms with Crippen molar-refractivity contribution in [1.82, 2.24) is 0 Å². The Morgan fingerprint density at radius 1 is 0.424 bits per heavy atom. The fourth-order valence-corrected chi connectivity index (χ4v) is 3.85. The second-order valence-electron chi connectivity index (χ2n) is 7.99. The first-order valence-electron chi connectivity index (χ1n) is 12.1. The molecule has 3 rings (SSSR count). The zero-order chi connectivity index (χ0) is 25.8. The smallest absolute Gasteiger partial charge is 0.123 e. The summed E-state index contributed by atoms with van der Waals surface area (Å²) in [5.74, 6) is 0.582. The monoisotopic (exact) mass is 452 g/mol. The largest absolute Gasteiger partial charge is 0.508 e. The van der Waals surface area contributed by atoms with Gasteiger partial charge >= 0.3 is 0 Å². The van der Waals surface area contributed by atoms with Crippen molar-refractivity contribution in [3.63, 3.8) is 0 Å². The van der Waals surface area contributed by atoms with Crippen molar-refractivity contribution in [2.45, 2.75) is 80.1 Å². The van der Waals surface area contributed by atoms with Crippen LogP contribution in [0.1, 0.15) is 91.5 Å². The van der Waals surface area contributed by atoms with Crippen LogP contribution in [0.25, 0.3) is 0 Å². The van der Waals surface area contributed by atoms with Gasteiger partial charge in [0.15, 0.2) is 0 Å². The Morgan fingerprint density at radius 3 is 1.00 bits per heavy atom. The molecule has 0 aromatic heterocycles. The maximum absolute atomic E-state index is 11.2. The number of rotatable bonds is 4. The minimum absolute atomic E-state index is 0.180. The Labute approximate surface area is 201 Å².